The van der Waals surface area contributed by atoms with E-state index in [9.17, 15) is 9.59 Å². The van der Waals surface area contributed by atoms with Gasteiger partial charge in [-0.15, -0.1) is 0 Å². The van der Waals surface area contributed by atoms with E-state index < -0.39 is 6.04 Å². The highest BCUT2D eigenvalue weighted by Crippen LogP contribution is 2.12. The summed E-state index contributed by atoms with van der Waals surface area (Å²) in [6.07, 6.45) is 0.694. The predicted molar refractivity (Wildman–Crippen MR) is 69.2 cm³/mol. The Labute approximate surface area is 107 Å². The third-order valence-electron chi connectivity index (χ3n) is 2.75. The van der Waals surface area contributed by atoms with Crippen LogP contribution in [0.2, 0.25) is 0 Å². The first kappa shape index (κ1) is 14.2. The van der Waals surface area contributed by atoms with Gasteiger partial charge in [0.05, 0.1) is 0 Å². The molecular formula is C13H19N3O2. The molecule has 5 nitrogen and oxygen atoms in total. The molecule has 1 aromatic rings. The molecule has 0 aromatic heterocycles. The lowest BCUT2D eigenvalue weighted by molar-refractivity contribution is -0.129. The van der Waals surface area contributed by atoms with Crippen LogP contribution in [0.25, 0.3) is 0 Å². The normalized spacial score (nSPS) is 13.5. The van der Waals surface area contributed by atoms with E-state index in [2.05, 4.69) is 10.7 Å². The fourth-order valence-corrected chi connectivity index (χ4v) is 1.88. The molecule has 0 saturated carbocycles. The van der Waals surface area contributed by atoms with Gasteiger partial charge in [0.25, 0.3) is 5.91 Å². The number of benzene rings is 1. The zero-order valence-corrected chi connectivity index (χ0v) is 10.6. The third kappa shape index (κ3) is 4.18. The second-order valence-electron chi connectivity index (χ2n) is 4.35. The number of nitrogens with two attached hydrogens (primary N) is 1. The lowest BCUT2D eigenvalue weighted by atomic mass is 9.93. The second-order valence-corrected chi connectivity index (χ2v) is 4.35. The summed E-state index contributed by atoms with van der Waals surface area (Å²) in [7, 11) is 0. The average molecular weight is 249 g/mol. The highest BCUT2D eigenvalue weighted by molar-refractivity contribution is 5.86. The summed E-state index contributed by atoms with van der Waals surface area (Å²) >= 11 is 0. The first-order chi connectivity index (χ1) is 8.54. The number of carbonyl (C=O) groups excluding carboxylic acids is 2. The van der Waals surface area contributed by atoms with Gasteiger partial charge >= 0.3 is 0 Å². The minimum atomic E-state index is -0.618. The molecule has 0 radical (unpaired) electrons. The molecule has 0 bridgehead atoms. The zero-order chi connectivity index (χ0) is 13.5. The van der Waals surface area contributed by atoms with Gasteiger partial charge in [-0.2, -0.15) is 0 Å². The zero-order valence-electron chi connectivity index (χ0n) is 10.6. The number of carbonyl (C=O) groups is 2. The summed E-state index contributed by atoms with van der Waals surface area (Å²) < 4.78 is 0. The van der Waals surface area contributed by atoms with Crippen molar-refractivity contribution in [1.29, 1.82) is 0 Å². The van der Waals surface area contributed by atoms with Crippen LogP contribution in [0.15, 0.2) is 30.3 Å². The van der Waals surface area contributed by atoms with Crippen molar-refractivity contribution in [3.63, 3.8) is 0 Å². The van der Waals surface area contributed by atoms with Crippen LogP contribution < -0.4 is 16.6 Å². The SMILES string of the molecule is CC(=O)NC(C(=O)NN)C(C)Cc1ccccc1. The summed E-state index contributed by atoms with van der Waals surface area (Å²) in [5.74, 6) is 4.46. The number of rotatable bonds is 5. The highest BCUT2D eigenvalue weighted by Gasteiger charge is 2.25. The largest absolute Gasteiger partial charge is 0.344 e. The summed E-state index contributed by atoms with van der Waals surface area (Å²) in [5.41, 5.74) is 3.20. The maximum atomic E-state index is 11.6. The number of amides is 2. The Morgan fingerprint density at radius 3 is 2.39 bits per heavy atom. The number of hydrogen-bond acceptors (Lipinski definition) is 3. The Hall–Kier alpha value is -1.88. The molecule has 0 aliphatic rings. The van der Waals surface area contributed by atoms with Crippen LogP contribution in [0.5, 0.6) is 0 Å². The molecule has 0 aliphatic carbocycles. The van der Waals surface area contributed by atoms with E-state index in [1.807, 2.05) is 37.3 Å². The standard InChI is InChI=1S/C13H19N3O2/c1-9(8-11-6-4-3-5-7-11)12(13(18)16-14)15-10(2)17/h3-7,9,12H,8,14H2,1-2H3,(H,15,17)(H,16,18). The van der Waals surface area contributed by atoms with Gasteiger partial charge < -0.3 is 5.32 Å². The maximum absolute atomic E-state index is 11.6. The van der Waals surface area contributed by atoms with Crippen LogP contribution in [0.4, 0.5) is 0 Å². The van der Waals surface area contributed by atoms with E-state index in [1.54, 1.807) is 0 Å². The molecule has 2 unspecified atom stereocenters. The first-order valence-corrected chi connectivity index (χ1v) is 5.86. The van der Waals surface area contributed by atoms with Gasteiger partial charge in [0.2, 0.25) is 5.91 Å². The Kier molecular flexibility index (Phi) is 5.32. The molecule has 1 rings (SSSR count). The topological polar surface area (TPSA) is 84.2 Å². The van der Waals surface area contributed by atoms with E-state index in [1.165, 1.54) is 6.92 Å². The first-order valence-electron chi connectivity index (χ1n) is 5.86. The molecule has 4 N–H and O–H groups in total. The molecule has 1 aromatic carbocycles. The lowest BCUT2D eigenvalue weighted by Gasteiger charge is -2.23. The van der Waals surface area contributed by atoms with Crippen LogP contribution >= 0.6 is 0 Å². The van der Waals surface area contributed by atoms with Gasteiger partial charge in [-0.1, -0.05) is 37.3 Å². The van der Waals surface area contributed by atoms with Gasteiger partial charge in [-0.3, -0.25) is 15.0 Å². The van der Waals surface area contributed by atoms with Crippen LogP contribution in [0.1, 0.15) is 19.4 Å². The van der Waals surface area contributed by atoms with Gasteiger partial charge in [0.15, 0.2) is 0 Å². The minimum absolute atomic E-state index is 0.0418. The second kappa shape index (κ2) is 6.76. The number of nitrogens with one attached hydrogen (secondary N) is 2. The third-order valence-corrected chi connectivity index (χ3v) is 2.75. The van der Waals surface area contributed by atoms with Crippen molar-refractivity contribution in [2.75, 3.05) is 0 Å². The Bertz CT molecular complexity index is 406. The Morgan fingerprint density at radius 1 is 1.28 bits per heavy atom. The fourth-order valence-electron chi connectivity index (χ4n) is 1.88. The Balaban J connectivity index is 2.73. The summed E-state index contributed by atoms with van der Waals surface area (Å²) in [4.78, 5) is 22.7. The lowest BCUT2D eigenvalue weighted by Crippen LogP contribution is -2.52. The van der Waals surface area contributed by atoms with E-state index in [0.717, 1.165) is 5.56 Å². The van der Waals surface area contributed by atoms with Crippen LogP contribution in [0.3, 0.4) is 0 Å². The molecular weight excluding hydrogens is 230 g/mol. The van der Waals surface area contributed by atoms with Crippen molar-refractivity contribution in [3.05, 3.63) is 35.9 Å². The maximum Gasteiger partial charge on any atom is 0.256 e. The fraction of sp³-hybridized carbons (Fsp3) is 0.385. The molecule has 2 amide bonds. The molecule has 5 heteroatoms. The molecule has 0 spiro atoms. The molecule has 2 atom stereocenters. The monoisotopic (exact) mass is 249 g/mol. The Morgan fingerprint density at radius 2 is 1.89 bits per heavy atom. The molecule has 18 heavy (non-hydrogen) atoms. The van der Waals surface area contributed by atoms with E-state index >= 15 is 0 Å². The summed E-state index contributed by atoms with van der Waals surface area (Å²) in [6.45, 7) is 3.29. The van der Waals surface area contributed by atoms with Crippen molar-refractivity contribution in [3.8, 4) is 0 Å². The van der Waals surface area contributed by atoms with E-state index in [0.29, 0.717) is 6.42 Å². The number of hydrazine groups is 1. The van der Waals surface area contributed by atoms with Gasteiger partial charge in [0, 0.05) is 6.92 Å². The molecule has 0 aliphatic heterocycles. The number of hydrogen-bond donors (Lipinski definition) is 3. The van der Waals surface area contributed by atoms with Gasteiger partial charge in [-0.05, 0) is 17.9 Å². The van der Waals surface area contributed by atoms with Crippen molar-refractivity contribution >= 4 is 11.8 Å². The average Bonchev–Trinajstić information content (AvgIpc) is 2.36. The van der Waals surface area contributed by atoms with Gasteiger partial charge in [-0.25, -0.2) is 5.84 Å². The van der Waals surface area contributed by atoms with Crippen molar-refractivity contribution in [1.82, 2.24) is 10.7 Å². The van der Waals surface area contributed by atoms with Crippen molar-refractivity contribution in [2.45, 2.75) is 26.3 Å². The van der Waals surface area contributed by atoms with Crippen LogP contribution in [0, 0.1) is 5.92 Å². The van der Waals surface area contributed by atoms with Crippen molar-refractivity contribution in [2.24, 2.45) is 11.8 Å². The summed E-state index contributed by atoms with van der Waals surface area (Å²) in [5, 5.41) is 2.62. The van der Waals surface area contributed by atoms with E-state index in [4.69, 9.17) is 5.84 Å². The quantitative estimate of drug-likeness (QED) is 0.400. The van der Waals surface area contributed by atoms with Crippen LogP contribution in [-0.4, -0.2) is 17.9 Å². The van der Waals surface area contributed by atoms with Crippen LogP contribution in [-0.2, 0) is 16.0 Å². The predicted octanol–water partition coefficient (Wildman–Crippen LogP) is 0.360. The van der Waals surface area contributed by atoms with Crippen molar-refractivity contribution < 1.29 is 9.59 Å². The molecule has 0 heterocycles. The smallest absolute Gasteiger partial charge is 0.256 e. The highest BCUT2D eigenvalue weighted by atomic mass is 16.2. The van der Waals surface area contributed by atoms with Gasteiger partial charge in [0.1, 0.15) is 6.04 Å². The molecule has 98 valence electrons. The van der Waals surface area contributed by atoms with E-state index in [-0.39, 0.29) is 17.7 Å². The summed E-state index contributed by atoms with van der Waals surface area (Å²) in [6, 6.07) is 9.18. The molecule has 0 saturated heterocycles. The minimum Gasteiger partial charge on any atom is -0.344 e. The molecule has 0 fully saturated rings.